The number of carbonyl (C=O) groups is 1. The minimum atomic E-state index is -0.536. The fourth-order valence-electron chi connectivity index (χ4n) is 1.75. The highest BCUT2D eigenvalue weighted by Crippen LogP contribution is 2.37. The van der Waals surface area contributed by atoms with Crippen molar-refractivity contribution in [1.82, 2.24) is 5.32 Å². The molecule has 1 aliphatic rings. The zero-order valence-corrected chi connectivity index (χ0v) is 10.7. The van der Waals surface area contributed by atoms with Crippen molar-refractivity contribution in [3.8, 4) is 5.75 Å². The number of hydrogen-bond acceptors (Lipinski definition) is 3. The van der Waals surface area contributed by atoms with E-state index in [0.717, 1.165) is 0 Å². The van der Waals surface area contributed by atoms with Crippen molar-refractivity contribution in [1.29, 1.82) is 0 Å². The predicted octanol–water partition coefficient (Wildman–Crippen LogP) is 2.77. The van der Waals surface area contributed by atoms with Crippen LogP contribution in [-0.4, -0.2) is 19.8 Å². The van der Waals surface area contributed by atoms with Gasteiger partial charge in [0, 0.05) is 12.0 Å². The average molecular weight is 304 g/mol. The largest absolute Gasteiger partial charge is 0.490 e. The maximum Gasteiger partial charge on any atom is 0.407 e. The molecule has 1 heterocycles. The van der Waals surface area contributed by atoms with Gasteiger partial charge in [0.05, 0.1) is 24.2 Å². The van der Waals surface area contributed by atoms with Crippen molar-refractivity contribution in [2.24, 2.45) is 0 Å². The summed E-state index contributed by atoms with van der Waals surface area (Å²) in [5.74, 6) is -0.258. The Morgan fingerprint density at radius 1 is 1.65 bits per heavy atom. The molecule has 6 heteroatoms. The van der Waals surface area contributed by atoms with E-state index in [0.29, 0.717) is 23.1 Å². The summed E-state index contributed by atoms with van der Waals surface area (Å²) in [5.41, 5.74) is 0.627. The number of rotatable bonds is 1. The van der Waals surface area contributed by atoms with Gasteiger partial charge in [-0.1, -0.05) is 6.07 Å². The number of amides is 1. The monoisotopic (exact) mass is 303 g/mol. The van der Waals surface area contributed by atoms with E-state index in [1.165, 1.54) is 7.11 Å². The van der Waals surface area contributed by atoms with E-state index >= 15 is 0 Å². The normalized spacial score (nSPS) is 17.9. The maximum absolute atomic E-state index is 13.8. The Labute approximate surface area is 106 Å². The van der Waals surface area contributed by atoms with Crippen LogP contribution in [0, 0.1) is 5.82 Å². The molecule has 2 rings (SSSR count). The summed E-state index contributed by atoms with van der Waals surface area (Å²) in [5, 5.41) is 2.65. The molecule has 1 atom stereocenters. The van der Waals surface area contributed by atoms with Crippen LogP contribution in [0.5, 0.6) is 5.75 Å². The highest BCUT2D eigenvalue weighted by molar-refractivity contribution is 9.10. The van der Waals surface area contributed by atoms with Crippen LogP contribution in [0.3, 0.4) is 0 Å². The Hall–Kier alpha value is -1.30. The summed E-state index contributed by atoms with van der Waals surface area (Å²) < 4.78 is 23.9. The van der Waals surface area contributed by atoms with E-state index in [1.807, 2.05) is 0 Å². The molecule has 0 aromatic heterocycles. The van der Waals surface area contributed by atoms with Gasteiger partial charge in [-0.2, -0.15) is 0 Å². The Morgan fingerprint density at radius 2 is 2.41 bits per heavy atom. The minimum absolute atomic E-state index is 0.187. The van der Waals surface area contributed by atoms with Gasteiger partial charge in [0.25, 0.3) is 0 Å². The van der Waals surface area contributed by atoms with Crippen molar-refractivity contribution in [3.63, 3.8) is 0 Å². The summed E-state index contributed by atoms with van der Waals surface area (Å²) in [4.78, 5) is 11.2. The number of methoxy groups -OCH3 is 1. The molecule has 1 aromatic rings. The molecule has 0 saturated carbocycles. The van der Waals surface area contributed by atoms with Crippen LogP contribution in [0.2, 0.25) is 0 Å². The van der Waals surface area contributed by atoms with Crippen LogP contribution in [0.1, 0.15) is 18.0 Å². The van der Waals surface area contributed by atoms with E-state index in [-0.39, 0.29) is 11.8 Å². The summed E-state index contributed by atoms with van der Waals surface area (Å²) in [7, 11) is 1.29. The van der Waals surface area contributed by atoms with Crippen molar-refractivity contribution in [2.75, 3.05) is 13.7 Å². The van der Waals surface area contributed by atoms with Crippen LogP contribution in [0.4, 0.5) is 9.18 Å². The fraction of sp³-hybridized carbons (Fsp3) is 0.364. The van der Waals surface area contributed by atoms with E-state index in [1.54, 1.807) is 12.1 Å². The zero-order chi connectivity index (χ0) is 12.4. The summed E-state index contributed by atoms with van der Waals surface area (Å²) >= 11 is 3.09. The first-order valence-corrected chi connectivity index (χ1v) is 5.88. The van der Waals surface area contributed by atoms with Crippen LogP contribution >= 0.6 is 15.9 Å². The second-order valence-electron chi connectivity index (χ2n) is 3.61. The molecule has 0 saturated heterocycles. The fourth-order valence-corrected chi connectivity index (χ4v) is 2.07. The van der Waals surface area contributed by atoms with E-state index < -0.39 is 11.9 Å². The van der Waals surface area contributed by atoms with Gasteiger partial charge >= 0.3 is 6.09 Å². The lowest BCUT2D eigenvalue weighted by atomic mass is 10.0. The molecule has 1 aromatic carbocycles. The lowest BCUT2D eigenvalue weighted by Crippen LogP contribution is -2.32. The molecule has 0 radical (unpaired) electrons. The second kappa shape index (κ2) is 4.91. The van der Waals surface area contributed by atoms with Crippen molar-refractivity contribution in [3.05, 3.63) is 28.0 Å². The zero-order valence-electron chi connectivity index (χ0n) is 9.13. The third-order valence-corrected chi connectivity index (χ3v) is 3.20. The Balaban J connectivity index is 2.32. The lowest BCUT2D eigenvalue weighted by Gasteiger charge is -2.26. The molecule has 0 spiro atoms. The summed E-state index contributed by atoms with van der Waals surface area (Å²) in [6.07, 6.45) is 0.0505. The molecule has 1 amide bonds. The van der Waals surface area contributed by atoms with Gasteiger partial charge in [0.2, 0.25) is 0 Å². The van der Waals surface area contributed by atoms with Crippen LogP contribution < -0.4 is 10.1 Å². The highest BCUT2D eigenvalue weighted by Gasteiger charge is 2.26. The Kier molecular flexibility index (Phi) is 3.51. The van der Waals surface area contributed by atoms with E-state index in [9.17, 15) is 9.18 Å². The van der Waals surface area contributed by atoms with Crippen LogP contribution in [0.25, 0.3) is 0 Å². The number of fused-ring (bicyclic) bond motifs is 1. The van der Waals surface area contributed by atoms with Gasteiger partial charge in [-0.05, 0) is 22.0 Å². The molecular weight excluding hydrogens is 293 g/mol. The molecule has 0 fully saturated rings. The molecule has 0 bridgehead atoms. The first kappa shape index (κ1) is 12.2. The van der Waals surface area contributed by atoms with Gasteiger partial charge in [-0.3, -0.25) is 0 Å². The Morgan fingerprint density at radius 3 is 3.12 bits per heavy atom. The molecule has 17 heavy (non-hydrogen) atoms. The first-order chi connectivity index (χ1) is 8.13. The quantitative estimate of drug-likeness (QED) is 0.868. The van der Waals surface area contributed by atoms with Crippen LogP contribution in [0.15, 0.2) is 16.6 Å². The predicted molar refractivity (Wildman–Crippen MR) is 62.5 cm³/mol. The number of benzene rings is 1. The summed E-state index contributed by atoms with van der Waals surface area (Å²) in [6, 6.07) is 3.03. The Bertz CT molecular complexity index is 453. The van der Waals surface area contributed by atoms with Gasteiger partial charge in [-0.15, -0.1) is 0 Å². The molecule has 1 unspecified atom stereocenters. The SMILES string of the molecule is COC(=O)NC1CCOc2c1ccc(Br)c2F. The lowest BCUT2D eigenvalue weighted by molar-refractivity contribution is 0.160. The van der Waals surface area contributed by atoms with Crippen molar-refractivity contribution in [2.45, 2.75) is 12.5 Å². The molecule has 1 aliphatic heterocycles. The van der Waals surface area contributed by atoms with Gasteiger partial charge in [0.15, 0.2) is 11.6 Å². The third-order valence-electron chi connectivity index (χ3n) is 2.59. The maximum atomic E-state index is 13.8. The standard InChI is InChI=1S/C11H11BrFNO3/c1-16-11(15)14-8-4-5-17-10-6(8)2-3-7(12)9(10)13/h2-3,8H,4-5H2,1H3,(H,14,15). The average Bonchev–Trinajstić information content (AvgIpc) is 2.34. The van der Waals surface area contributed by atoms with Crippen molar-refractivity contribution < 1.29 is 18.7 Å². The number of carbonyl (C=O) groups excluding carboxylic acids is 1. The second-order valence-corrected chi connectivity index (χ2v) is 4.46. The van der Waals surface area contributed by atoms with E-state index in [2.05, 4.69) is 26.0 Å². The molecule has 92 valence electrons. The highest BCUT2D eigenvalue weighted by atomic mass is 79.9. The third kappa shape index (κ3) is 2.36. The van der Waals surface area contributed by atoms with Gasteiger partial charge in [-0.25, -0.2) is 9.18 Å². The molecule has 4 nitrogen and oxygen atoms in total. The summed E-state index contributed by atoms with van der Waals surface area (Å²) in [6.45, 7) is 0.356. The van der Waals surface area contributed by atoms with Crippen LogP contribution in [-0.2, 0) is 4.74 Å². The smallest absolute Gasteiger partial charge is 0.407 e. The van der Waals surface area contributed by atoms with E-state index in [4.69, 9.17) is 4.74 Å². The number of halogens is 2. The number of ether oxygens (including phenoxy) is 2. The number of alkyl carbamates (subject to hydrolysis) is 1. The molecule has 1 N–H and O–H groups in total. The topological polar surface area (TPSA) is 47.6 Å². The van der Waals surface area contributed by atoms with Gasteiger partial charge < -0.3 is 14.8 Å². The first-order valence-electron chi connectivity index (χ1n) is 5.08. The van der Waals surface area contributed by atoms with Crippen molar-refractivity contribution >= 4 is 22.0 Å². The number of nitrogens with one attached hydrogen (secondary N) is 1. The minimum Gasteiger partial charge on any atom is -0.490 e. The molecular formula is C11H11BrFNO3. The van der Waals surface area contributed by atoms with Gasteiger partial charge in [0.1, 0.15) is 0 Å². The number of hydrogen-bond donors (Lipinski definition) is 1. The molecule has 0 aliphatic carbocycles.